The Kier molecular flexibility index (Phi) is 5.93. The minimum Gasteiger partial charge on any atom is -0.497 e. The number of ketones is 2. The first-order valence-electron chi connectivity index (χ1n) is 9.19. The van der Waals surface area contributed by atoms with E-state index in [1.54, 1.807) is 14.0 Å². The van der Waals surface area contributed by atoms with Crippen LogP contribution < -0.4 is 4.74 Å². The molecule has 0 aliphatic rings. The molecular formula is C21H24N4O3S. The van der Waals surface area contributed by atoms with Gasteiger partial charge in [-0.2, -0.15) is 0 Å². The van der Waals surface area contributed by atoms with E-state index in [1.165, 1.54) is 18.7 Å². The van der Waals surface area contributed by atoms with Crippen LogP contribution in [0.25, 0.3) is 11.4 Å². The fourth-order valence-corrected chi connectivity index (χ4v) is 4.22. The SMILES string of the molecule is COc1ccc(-c2nnc(SC(C)C(=O)c3[nH]c(C)c(C(C)=O)c3C)n2C)cc1. The monoisotopic (exact) mass is 412 g/mol. The molecule has 1 unspecified atom stereocenters. The molecule has 0 saturated heterocycles. The third-order valence-corrected chi connectivity index (χ3v) is 6.00. The van der Waals surface area contributed by atoms with Crippen molar-refractivity contribution in [1.29, 1.82) is 0 Å². The summed E-state index contributed by atoms with van der Waals surface area (Å²) in [6.07, 6.45) is 0. The Hall–Kier alpha value is -2.87. The van der Waals surface area contributed by atoms with E-state index >= 15 is 0 Å². The van der Waals surface area contributed by atoms with Gasteiger partial charge in [-0.25, -0.2) is 0 Å². The summed E-state index contributed by atoms with van der Waals surface area (Å²) in [6, 6.07) is 7.57. The Morgan fingerprint density at radius 1 is 1.17 bits per heavy atom. The van der Waals surface area contributed by atoms with Gasteiger partial charge in [-0.05, 0) is 57.5 Å². The molecule has 1 aromatic carbocycles. The largest absolute Gasteiger partial charge is 0.497 e. The number of rotatable bonds is 7. The molecule has 0 fully saturated rings. The Bertz CT molecular complexity index is 1070. The number of nitrogens with one attached hydrogen (secondary N) is 1. The van der Waals surface area contributed by atoms with Crippen molar-refractivity contribution in [2.24, 2.45) is 7.05 Å². The molecule has 0 spiro atoms. The van der Waals surface area contributed by atoms with Crippen molar-refractivity contribution in [3.8, 4) is 17.1 Å². The van der Waals surface area contributed by atoms with Gasteiger partial charge in [-0.1, -0.05) is 11.8 Å². The molecule has 0 bridgehead atoms. The predicted octanol–water partition coefficient (Wildman–Crippen LogP) is 4.00. The average Bonchev–Trinajstić information content (AvgIpc) is 3.20. The van der Waals surface area contributed by atoms with Gasteiger partial charge in [0.25, 0.3) is 0 Å². The highest BCUT2D eigenvalue weighted by molar-refractivity contribution is 8.00. The molecule has 7 nitrogen and oxygen atoms in total. The van der Waals surface area contributed by atoms with E-state index in [4.69, 9.17) is 4.74 Å². The lowest BCUT2D eigenvalue weighted by atomic mass is 10.0. The second-order valence-corrected chi connectivity index (χ2v) is 8.21. The highest BCUT2D eigenvalue weighted by atomic mass is 32.2. The summed E-state index contributed by atoms with van der Waals surface area (Å²) in [5, 5.41) is 8.78. The number of carbonyl (C=O) groups is 2. The van der Waals surface area contributed by atoms with Gasteiger partial charge in [-0.15, -0.1) is 10.2 Å². The molecule has 152 valence electrons. The molecule has 0 aliphatic carbocycles. The van der Waals surface area contributed by atoms with Gasteiger partial charge in [0.05, 0.1) is 18.1 Å². The summed E-state index contributed by atoms with van der Waals surface area (Å²) in [5.41, 5.74) is 3.39. The number of hydrogen-bond donors (Lipinski definition) is 1. The van der Waals surface area contributed by atoms with Crippen molar-refractivity contribution in [2.75, 3.05) is 7.11 Å². The Morgan fingerprint density at radius 3 is 2.38 bits per heavy atom. The van der Waals surface area contributed by atoms with Crippen molar-refractivity contribution in [1.82, 2.24) is 19.7 Å². The summed E-state index contributed by atoms with van der Waals surface area (Å²) in [6.45, 7) is 6.95. The molecule has 1 atom stereocenters. The molecule has 0 aliphatic heterocycles. The average molecular weight is 413 g/mol. The molecule has 29 heavy (non-hydrogen) atoms. The minimum atomic E-state index is -0.391. The maximum absolute atomic E-state index is 13.0. The minimum absolute atomic E-state index is 0.0481. The van der Waals surface area contributed by atoms with Crippen LogP contribution in [0.3, 0.4) is 0 Å². The number of ether oxygens (including phenoxy) is 1. The van der Waals surface area contributed by atoms with Crippen molar-refractivity contribution in [2.45, 2.75) is 38.1 Å². The van der Waals surface area contributed by atoms with Crippen LogP contribution >= 0.6 is 11.8 Å². The lowest BCUT2D eigenvalue weighted by molar-refractivity contribution is 0.0988. The summed E-state index contributed by atoms with van der Waals surface area (Å²) >= 11 is 1.34. The third-order valence-electron chi connectivity index (χ3n) is 4.87. The first kappa shape index (κ1) is 20.9. The lowest BCUT2D eigenvalue weighted by Gasteiger charge is -2.10. The molecule has 3 aromatic rings. The Balaban J connectivity index is 1.81. The number of aromatic amines is 1. The van der Waals surface area contributed by atoms with Crippen molar-refractivity contribution in [3.63, 3.8) is 0 Å². The standard InChI is InChI=1S/C21H24N4O3S/c1-11-17(13(3)26)12(2)22-18(11)19(27)14(4)29-21-24-23-20(25(21)5)15-7-9-16(28-6)10-8-15/h7-10,14,22H,1-6H3. The van der Waals surface area contributed by atoms with Crippen LogP contribution in [0.1, 0.15) is 46.0 Å². The fourth-order valence-electron chi connectivity index (χ4n) is 3.35. The number of methoxy groups -OCH3 is 1. The smallest absolute Gasteiger partial charge is 0.192 e. The first-order chi connectivity index (χ1) is 13.7. The van der Waals surface area contributed by atoms with Crippen molar-refractivity contribution in [3.05, 3.63) is 46.8 Å². The molecule has 0 radical (unpaired) electrons. The van der Waals surface area contributed by atoms with E-state index < -0.39 is 5.25 Å². The number of benzene rings is 1. The molecule has 2 aromatic heterocycles. The second-order valence-electron chi connectivity index (χ2n) is 6.90. The molecule has 0 amide bonds. The number of hydrogen-bond acceptors (Lipinski definition) is 6. The number of Topliss-reactive ketones (excluding diaryl/α,β-unsaturated/α-hetero) is 2. The van der Waals surface area contributed by atoms with Crippen LogP contribution in [-0.2, 0) is 7.05 Å². The molecule has 0 saturated carbocycles. The van der Waals surface area contributed by atoms with E-state index in [0.29, 0.717) is 27.8 Å². The van der Waals surface area contributed by atoms with Gasteiger partial charge in [-0.3, -0.25) is 9.59 Å². The quantitative estimate of drug-likeness (QED) is 0.466. The number of nitrogens with zero attached hydrogens (tertiary/aromatic N) is 3. The number of aryl methyl sites for hydroxylation is 1. The number of H-pyrrole nitrogens is 1. The number of thioether (sulfide) groups is 1. The van der Waals surface area contributed by atoms with Gasteiger partial charge in [0.15, 0.2) is 22.5 Å². The topological polar surface area (TPSA) is 89.9 Å². The van der Waals surface area contributed by atoms with Crippen LogP contribution in [0.5, 0.6) is 5.75 Å². The third kappa shape index (κ3) is 3.98. The van der Waals surface area contributed by atoms with E-state index in [9.17, 15) is 9.59 Å². The maximum Gasteiger partial charge on any atom is 0.192 e. The predicted molar refractivity (Wildman–Crippen MR) is 113 cm³/mol. The maximum atomic E-state index is 13.0. The number of carbonyl (C=O) groups excluding carboxylic acids is 2. The molecule has 8 heteroatoms. The summed E-state index contributed by atoms with van der Waals surface area (Å²) in [5.74, 6) is 1.36. The highest BCUT2D eigenvalue weighted by Crippen LogP contribution is 2.29. The zero-order valence-electron chi connectivity index (χ0n) is 17.4. The summed E-state index contributed by atoms with van der Waals surface area (Å²) in [4.78, 5) is 27.9. The van der Waals surface area contributed by atoms with Crippen LogP contribution in [-0.4, -0.2) is 43.7 Å². The van der Waals surface area contributed by atoms with E-state index in [0.717, 1.165) is 17.0 Å². The lowest BCUT2D eigenvalue weighted by Crippen LogP contribution is -2.16. The number of aromatic nitrogens is 4. The van der Waals surface area contributed by atoms with Crippen LogP contribution in [0.15, 0.2) is 29.4 Å². The Morgan fingerprint density at radius 2 is 1.83 bits per heavy atom. The van der Waals surface area contributed by atoms with E-state index in [-0.39, 0.29) is 11.6 Å². The second kappa shape index (κ2) is 8.24. The molecule has 2 heterocycles. The fraction of sp³-hybridized carbons (Fsp3) is 0.333. The highest BCUT2D eigenvalue weighted by Gasteiger charge is 2.26. The molecular weight excluding hydrogens is 388 g/mol. The molecule has 1 N–H and O–H groups in total. The van der Waals surface area contributed by atoms with Crippen LogP contribution in [0.2, 0.25) is 0 Å². The van der Waals surface area contributed by atoms with Gasteiger partial charge in [0.2, 0.25) is 0 Å². The first-order valence-corrected chi connectivity index (χ1v) is 10.1. The summed E-state index contributed by atoms with van der Waals surface area (Å²) < 4.78 is 7.05. The van der Waals surface area contributed by atoms with Gasteiger partial charge in [0.1, 0.15) is 5.75 Å². The van der Waals surface area contributed by atoms with E-state index in [2.05, 4.69) is 15.2 Å². The van der Waals surface area contributed by atoms with Gasteiger partial charge < -0.3 is 14.3 Å². The van der Waals surface area contributed by atoms with Gasteiger partial charge >= 0.3 is 0 Å². The van der Waals surface area contributed by atoms with Crippen LogP contribution in [0.4, 0.5) is 0 Å². The Labute approximate surface area is 173 Å². The van der Waals surface area contributed by atoms with Crippen molar-refractivity contribution >= 4 is 23.3 Å². The van der Waals surface area contributed by atoms with Crippen molar-refractivity contribution < 1.29 is 14.3 Å². The normalized spacial score (nSPS) is 12.1. The zero-order chi connectivity index (χ0) is 21.3. The van der Waals surface area contributed by atoms with Crippen LogP contribution in [0, 0.1) is 13.8 Å². The molecule has 3 rings (SSSR count). The van der Waals surface area contributed by atoms with E-state index in [1.807, 2.05) is 49.7 Å². The zero-order valence-corrected chi connectivity index (χ0v) is 18.2. The van der Waals surface area contributed by atoms with Gasteiger partial charge in [0, 0.05) is 23.9 Å². The summed E-state index contributed by atoms with van der Waals surface area (Å²) in [7, 11) is 3.49.